The molecule has 2 aromatic heterocycles. The summed E-state index contributed by atoms with van der Waals surface area (Å²) in [5, 5.41) is 0. The summed E-state index contributed by atoms with van der Waals surface area (Å²) in [6.07, 6.45) is 18.4. The van der Waals surface area contributed by atoms with E-state index < -0.39 is 0 Å². The first kappa shape index (κ1) is 18.6. The number of nitrogens with zero attached hydrogens (tertiary/aromatic N) is 2. The summed E-state index contributed by atoms with van der Waals surface area (Å²) in [6.45, 7) is 5.64. The van der Waals surface area contributed by atoms with Crippen LogP contribution in [0.5, 0.6) is 0 Å². The minimum atomic E-state index is 1.10. The van der Waals surface area contributed by atoms with Crippen LogP contribution in [0, 0.1) is 0 Å². The van der Waals surface area contributed by atoms with Crippen molar-refractivity contribution < 1.29 is 9.13 Å². The zero-order valence-corrected chi connectivity index (χ0v) is 15.6. The van der Waals surface area contributed by atoms with Crippen molar-refractivity contribution >= 4 is 0 Å². The van der Waals surface area contributed by atoms with Gasteiger partial charge in [0.1, 0.15) is 0 Å². The first-order valence-electron chi connectivity index (χ1n) is 9.84. The van der Waals surface area contributed by atoms with Crippen LogP contribution in [0.4, 0.5) is 0 Å². The fraction of sp³-hybridized carbons (Fsp3) is 0.545. The highest BCUT2D eigenvalue weighted by atomic mass is 15.1. The maximum atomic E-state index is 2.39. The van der Waals surface area contributed by atoms with Crippen molar-refractivity contribution in [1.82, 2.24) is 0 Å². The molecule has 2 rings (SSSR count). The lowest BCUT2D eigenvalue weighted by atomic mass is 10.1. The van der Waals surface area contributed by atoms with E-state index in [9.17, 15) is 0 Å². The van der Waals surface area contributed by atoms with E-state index >= 15 is 0 Å². The number of hydrogen-bond donors (Lipinski definition) is 0. The number of rotatable bonds is 11. The first-order valence-corrected chi connectivity index (χ1v) is 9.84. The van der Waals surface area contributed by atoms with Gasteiger partial charge in [0.15, 0.2) is 25.1 Å². The average molecular weight is 327 g/mol. The van der Waals surface area contributed by atoms with E-state index in [1.807, 2.05) is 0 Å². The smallest absolute Gasteiger partial charge is 0.143 e. The van der Waals surface area contributed by atoms with Crippen LogP contribution in [0.2, 0.25) is 0 Å². The predicted molar refractivity (Wildman–Crippen MR) is 100 cm³/mol. The summed E-state index contributed by atoms with van der Waals surface area (Å²) in [5.74, 6) is 1.27. The highest BCUT2D eigenvalue weighted by Crippen LogP contribution is 2.07. The molecule has 2 heterocycles. The van der Waals surface area contributed by atoms with E-state index in [0.29, 0.717) is 0 Å². The van der Waals surface area contributed by atoms with Gasteiger partial charge in [-0.25, -0.2) is 0 Å². The van der Waals surface area contributed by atoms with Gasteiger partial charge in [-0.1, -0.05) is 46.0 Å². The Labute approximate surface area is 148 Å². The molecule has 0 aromatic carbocycles. The molecule has 0 radical (unpaired) electrons. The van der Waals surface area contributed by atoms with Gasteiger partial charge < -0.3 is 0 Å². The zero-order valence-electron chi connectivity index (χ0n) is 15.6. The zero-order chi connectivity index (χ0) is 17.0. The third kappa shape index (κ3) is 6.07. The molecule has 0 aliphatic heterocycles. The fourth-order valence-corrected chi connectivity index (χ4v) is 3.17. The van der Waals surface area contributed by atoms with Crippen molar-refractivity contribution in [2.75, 3.05) is 0 Å². The van der Waals surface area contributed by atoms with Gasteiger partial charge in [0.05, 0.1) is 6.07 Å². The van der Waals surface area contributed by atoms with Crippen LogP contribution in [0.3, 0.4) is 0 Å². The number of aromatic nitrogens is 2. The Hall–Kier alpha value is -1.70. The van der Waals surface area contributed by atoms with Gasteiger partial charge >= 0.3 is 5.82 Å². The molecule has 0 N–H and O–H groups in total. The second kappa shape index (κ2) is 11.0. The van der Waals surface area contributed by atoms with Crippen LogP contribution < -0.4 is 9.13 Å². The van der Waals surface area contributed by atoms with Crippen molar-refractivity contribution in [2.45, 2.75) is 78.2 Å². The van der Waals surface area contributed by atoms with Gasteiger partial charge in [0.2, 0.25) is 0 Å². The molecule has 0 unspecified atom stereocenters. The third-order valence-electron chi connectivity index (χ3n) is 4.61. The Kier molecular flexibility index (Phi) is 8.51. The van der Waals surface area contributed by atoms with Crippen molar-refractivity contribution in [2.24, 2.45) is 0 Å². The SMILES string of the molecule is CCCCCCc1ccc[n+](-c2cccc[n+]2CCCCCC)c1. The largest absolute Gasteiger partial charge is 0.449 e. The van der Waals surface area contributed by atoms with Crippen molar-refractivity contribution in [1.29, 1.82) is 0 Å². The molecule has 0 aliphatic rings. The molecule has 2 nitrogen and oxygen atoms in total. The highest BCUT2D eigenvalue weighted by Gasteiger charge is 2.19. The Balaban J connectivity index is 2.04. The molecule has 24 heavy (non-hydrogen) atoms. The summed E-state index contributed by atoms with van der Waals surface area (Å²) in [4.78, 5) is 0. The van der Waals surface area contributed by atoms with Gasteiger partial charge in [0, 0.05) is 24.1 Å². The van der Waals surface area contributed by atoms with Crippen LogP contribution in [-0.4, -0.2) is 0 Å². The lowest BCUT2D eigenvalue weighted by Crippen LogP contribution is -2.48. The number of unbranched alkanes of at least 4 members (excludes halogenated alkanes) is 6. The Bertz CT molecular complexity index is 592. The van der Waals surface area contributed by atoms with Gasteiger partial charge in [-0.05, 0) is 31.4 Å². The molecular weight excluding hydrogens is 292 g/mol. The average Bonchev–Trinajstić information content (AvgIpc) is 2.63. The first-order chi connectivity index (χ1) is 11.8. The summed E-state index contributed by atoms with van der Waals surface area (Å²) in [5.41, 5.74) is 1.44. The van der Waals surface area contributed by atoms with Crippen LogP contribution in [0.15, 0.2) is 48.9 Å². The molecule has 0 saturated heterocycles. The van der Waals surface area contributed by atoms with Crippen molar-refractivity contribution in [3.63, 3.8) is 0 Å². The molecular formula is C22H34N2+2. The molecule has 2 aromatic rings. The van der Waals surface area contributed by atoms with E-state index in [1.165, 1.54) is 69.2 Å². The topological polar surface area (TPSA) is 7.76 Å². The van der Waals surface area contributed by atoms with E-state index in [4.69, 9.17) is 0 Å². The van der Waals surface area contributed by atoms with E-state index in [2.05, 4.69) is 71.9 Å². The number of pyridine rings is 2. The van der Waals surface area contributed by atoms with Crippen LogP contribution >= 0.6 is 0 Å². The quantitative estimate of drug-likeness (QED) is 0.407. The third-order valence-corrected chi connectivity index (χ3v) is 4.61. The molecule has 130 valence electrons. The molecule has 2 heteroatoms. The van der Waals surface area contributed by atoms with E-state index in [0.717, 1.165) is 6.54 Å². The molecule has 0 atom stereocenters. The Morgan fingerprint density at radius 3 is 2.33 bits per heavy atom. The Morgan fingerprint density at radius 1 is 0.750 bits per heavy atom. The fourth-order valence-electron chi connectivity index (χ4n) is 3.17. The highest BCUT2D eigenvalue weighted by molar-refractivity contribution is 5.09. The molecule has 0 fully saturated rings. The Morgan fingerprint density at radius 2 is 1.54 bits per heavy atom. The minimum absolute atomic E-state index is 1.10. The van der Waals surface area contributed by atoms with Gasteiger partial charge in [-0.2, -0.15) is 0 Å². The minimum Gasteiger partial charge on any atom is -0.143 e. The second-order valence-electron chi connectivity index (χ2n) is 6.74. The molecule has 0 amide bonds. The normalized spacial score (nSPS) is 10.9. The standard InChI is InChI=1S/C22H34N2/c1-3-5-7-9-14-21-15-13-19-24(20-21)22-16-10-12-18-23(22)17-11-8-6-4-2/h10,12-13,15-16,18-20H,3-9,11,14,17H2,1-2H3/q+2. The molecule has 0 aliphatic carbocycles. The summed E-state index contributed by atoms with van der Waals surface area (Å²) < 4.78 is 4.67. The molecule has 0 spiro atoms. The van der Waals surface area contributed by atoms with Crippen LogP contribution in [0.1, 0.15) is 70.8 Å². The predicted octanol–water partition coefficient (Wildman–Crippen LogP) is 4.95. The van der Waals surface area contributed by atoms with Crippen LogP contribution in [0.25, 0.3) is 5.82 Å². The van der Waals surface area contributed by atoms with Gasteiger partial charge in [-0.15, -0.1) is 9.13 Å². The van der Waals surface area contributed by atoms with Crippen molar-refractivity contribution in [3.8, 4) is 5.82 Å². The van der Waals surface area contributed by atoms with Gasteiger partial charge in [-0.3, -0.25) is 0 Å². The summed E-state index contributed by atoms with van der Waals surface area (Å²) in [7, 11) is 0. The maximum Gasteiger partial charge on any atom is 0.449 e. The second-order valence-corrected chi connectivity index (χ2v) is 6.74. The lowest BCUT2D eigenvalue weighted by molar-refractivity contribution is -0.792. The maximum absolute atomic E-state index is 2.39. The summed E-state index contributed by atoms with van der Waals surface area (Å²) >= 11 is 0. The van der Waals surface area contributed by atoms with Gasteiger partial charge in [0.25, 0.3) is 0 Å². The van der Waals surface area contributed by atoms with E-state index in [-0.39, 0.29) is 0 Å². The summed E-state index contributed by atoms with van der Waals surface area (Å²) in [6, 6.07) is 10.9. The molecule has 0 saturated carbocycles. The van der Waals surface area contributed by atoms with Crippen molar-refractivity contribution in [3.05, 3.63) is 54.5 Å². The number of hydrogen-bond acceptors (Lipinski definition) is 0. The number of aryl methyl sites for hydroxylation is 2. The van der Waals surface area contributed by atoms with Crippen LogP contribution in [-0.2, 0) is 13.0 Å². The van der Waals surface area contributed by atoms with E-state index in [1.54, 1.807) is 0 Å². The molecule has 0 bridgehead atoms. The monoisotopic (exact) mass is 326 g/mol. The lowest BCUT2D eigenvalue weighted by Gasteiger charge is -2.02.